The Kier molecular flexibility index (Phi) is 4.73. The standard InChI is InChI=1S/C17H19N3O2S/c1-12(16(21)20-10-9-18-17(20)22)19-15(14-8-5-11-23-14)13-6-3-2-4-7-13/h2-8,11-12,15,19H,9-10H2,1H3,(H,18,22)/p+1/t12-,15+/m0/s1. The predicted molar refractivity (Wildman–Crippen MR) is 89.1 cm³/mol. The van der Waals surface area contributed by atoms with Gasteiger partial charge in [-0.3, -0.25) is 9.69 Å². The molecule has 6 heteroatoms. The Bertz CT molecular complexity index is 672. The Labute approximate surface area is 139 Å². The number of carbonyl (C=O) groups is 2. The average molecular weight is 330 g/mol. The van der Waals surface area contributed by atoms with Gasteiger partial charge in [0.15, 0.2) is 6.04 Å². The second-order valence-electron chi connectivity index (χ2n) is 5.61. The molecule has 5 nitrogen and oxygen atoms in total. The number of rotatable bonds is 5. The van der Waals surface area contributed by atoms with Gasteiger partial charge < -0.3 is 10.6 Å². The van der Waals surface area contributed by atoms with Gasteiger partial charge in [0, 0.05) is 18.7 Å². The highest BCUT2D eigenvalue weighted by Crippen LogP contribution is 2.22. The molecule has 1 aromatic heterocycles. The Morgan fingerprint density at radius 1 is 1.26 bits per heavy atom. The highest BCUT2D eigenvalue weighted by Gasteiger charge is 2.33. The van der Waals surface area contributed by atoms with E-state index in [9.17, 15) is 9.59 Å². The molecule has 1 aromatic carbocycles. The first-order chi connectivity index (χ1) is 11.2. The number of nitrogens with two attached hydrogens (primary N) is 1. The van der Waals surface area contributed by atoms with Crippen molar-refractivity contribution in [2.45, 2.75) is 19.0 Å². The van der Waals surface area contributed by atoms with Crippen LogP contribution in [0.3, 0.4) is 0 Å². The first kappa shape index (κ1) is 15.7. The van der Waals surface area contributed by atoms with Crippen molar-refractivity contribution in [1.82, 2.24) is 10.2 Å². The van der Waals surface area contributed by atoms with Crippen molar-refractivity contribution in [1.29, 1.82) is 0 Å². The number of nitrogens with one attached hydrogen (secondary N) is 1. The topological polar surface area (TPSA) is 66.0 Å². The van der Waals surface area contributed by atoms with Crippen LogP contribution < -0.4 is 10.6 Å². The van der Waals surface area contributed by atoms with Gasteiger partial charge in [-0.1, -0.05) is 36.4 Å². The van der Waals surface area contributed by atoms with Crippen LogP contribution in [-0.4, -0.2) is 36.0 Å². The number of imide groups is 1. The van der Waals surface area contributed by atoms with Crippen molar-refractivity contribution in [3.8, 4) is 0 Å². The quantitative estimate of drug-likeness (QED) is 0.869. The minimum atomic E-state index is -0.328. The van der Waals surface area contributed by atoms with Crippen molar-refractivity contribution in [2.24, 2.45) is 0 Å². The van der Waals surface area contributed by atoms with Crippen LogP contribution >= 0.6 is 11.3 Å². The maximum atomic E-state index is 12.5. The second-order valence-corrected chi connectivity index (χ2v) is 6.59. The molecular formula is C17H20N3O2S+. The van der Waals surface area contributed by atoms with E-state index in [1.165, 1.54) is 9.78 Å². The fraction of sp³-hybridized carbons (Fsp3) is 0.294. The molecule has 0 unspecified atom stereocenters. The van der Waals surface area contributed by atoms with Gasteiger partial charge in [-0.2, -0.15) is 0 Å². The molecule has 120 valence electrons. The minimum Gasteiger partial charge on any atom is -0.336 e. The third-order valence-electron chi connectivity index (χ3n) is 4.00. The molecule has 0 spiro atoms. The van der Waals surface area contributed by atoms with Crippen LogP contribution in [0.1, 0.15) is 23.4 Å². The molecule has 1 aliphatic rings. The zero-order valence-corrected chi connectivity index (χ0v) is 13.8. The number of quaternary nitrogens is 1. The molecule has 3 rings (SSSR count). The lowest BCUT2D eigenvalue weighted by molar-refractivity contribution is -0.704. The van der Waals surface area contributed by atoms with Crippen LogP contribution in [0.15, 0.2) is 47.8 Å². The van der Waals surface area contributed by atoms with E-state index in [2.05, 4.69) is 23.5 Å². The van der Waals surface area contributed by atoms with Gasteiger partial charge in [0.05, 0.1) is 4.88 Å². The van der Waals surface area contributed by atoms with E-state index in [0.717, 1.165) is 5.56 Å². The monoisotopic (exact) mass is 330 g/mol. The third kappa shape index (κ3) is 3.43. The first-order valence-corrected chi connectivity index (χ1v) is 8.57. The lowest BCUT2D eigenvalue weighted by atomic mass is 10.0. The molecule has 2 atom stereocenters. The summed E-state index contributed by atoms with van der Waals surface area (Å²) >= 11 is 1.68. The number of nitrogens with zero attached hydrogens (tertiary/aromatic N) is 1. The van der Waals surface area contributed by atoms with E-state index in [0.29, 0.717) is 13.1 Å². The molecule has 0 saturated carbocycles. The van der Waals surface area contributed by atoms with Crippen LogP contribution in [0.2, 0.25) is 0 Å². The molecule has 0 aliphatic carbocycles. The van der Waals surface area contributed by atoms with Crippen molar-refractivity contribution < 1.29 is 14.9 Å². The van der Waals surface area contributed by atoms with Gasteiger partial charge in [0.1, 0.15) is 6.04 Å². The summed E-state index contributed by atoms with van der Waals surface area (Å²) in [5.74, 6) is -0.141. The van der Waals surface area contributed by atoms with E-state index < -0.39 is 0 Å². The fourth-order valence-electron chi connectivity index (χ4n) is 2.80. The van der Waals surface area contributed by atoms with E-state index in [-0.39, 0.29) is 24.0 Å². The summed E-state index contributed by atoms with van der Waals surface area (Å²) in [6, 6.07) is 13.7. The molecule has 23 heavy (non-hydrogen) atoms. The SMILES string of the molecule is C[C@H]([NH2+][C@H](c1ccccc1)c1cccs1)C(=O)N1CCNC1=O. The second kappa shape index (κ2) is 6.93. The third-order valence-corrected chi connectivity index (χ3v) is 4.96. The number of urea groups is 1. The summed E-state index contributed by atoms with van der Waals surface area (Å²) in [6.45, 7) is 2.84. The van der Waals surface area contributed by atoms with E-state index in [4.69, 9.17) is 0 Å². The Balaban J connectivity index is 1.79. The van der Waals surface area contributed by atoms with Crippen molar-refractivity contribution in [3.63, 3.8) is 0 Å². The van der Waals surface area contributed by atoms with Gasteiger partial charge in [-0.25, -0.2) is 4.79 Å². The zero-order valence-electron chi connectivity index (χ0n) is 12.9. The number of carbonyl (C=O) groups excluding carboxylic acids is 2. The molecule has 3 N–H and O–H groups in total. The molecule has 2 heterocycles. The maximum Gasteiger partial charge on any atom is 0.324 e. The molecule has 3 amide bonds. The maximum absolute atomic E-state index is 12.5. The Hall–Kier alpha value is -2.18. The Morgan fingerprint density at radius 2 is 2.04 bits per heavy atom. The number of benzene rings is 1. The summed E-state index contributed by atoms with van der Waals surface area (Å²) in [6.07, 6.45) is 0. The number of hydrogen-bond acceptors (Lipinski definition) is 3. The van der Waals surface area contributed by atoms with Crippen LogP contribution in [0.5, 0.6) is 0 Å². The van der Waals surface area contributed by atoms with Crippen molar-refractivity contribution >= 4 is 23.3 Å². The molecule has 1 aliphatic heterocycles. The highest BCUT2D eigenvalue weighted by molar-refractivity contribution is 7.10. The summed E-state index contributed by atoms with van der Waals surface area (Å²) < 4.78 is 0. The van der Waals surface area contributed by atoms with Gasteiger partial charge in [-0.15, -0.1) is 11.3 Å². The first-order valence-electron chi connectivity index (χ1n) is 7.69. The van der Waals surface area contributed by atoms with E-state index in [1.807, 2.05) is 41.9 Å². The number of amides is 3. The summed E-state index contributed by atoms with van der Waals surface area (Å²) in [7, 11) is 0. The van der Waals surface area contributed by atoms with Gasteiger partial charge in [0.2, 0.25) is 0 Å². The zero-order chi connectivity index (χ0) is 16.2. The highest BCUT2D eigenvalue weighted by atomic mass is 32.1. The molecule has 0 radical (unpaired) electrons. The van der Waals surface area contributed by atoms with Crippen molar-refractivity contribution in [3.05, 3.63) is 58.3 Å². The summed E-state index contributed by atoms with van der Waals surface area (Å²) in [4.78, 5) is 26.7. The fourth-order valence-corrected chi connectivity index (χ4v) is 3.63. The minimum absolute atomic E-state index is 0.0563. The van der Waals surface area contributed by atoms with Crippen LogP contribution in [0.4, 0.5) is 4.79 Å². The molecule has 1 fully saturated rings. The normalized spacial score (nSPS) is 16.9. The Morgan fingerprint density at radius 3 is 2.65 bits per heavy atom. The lowest BCUT2D eigenvalue weighted by Crippen LogP contribution is -2.92. The summed E-state index contributed by atoms with van der Waals surface area (Å²) in [5.41, 5.74) is 1.15. The van der Waals surface area contributed by atoms with Gasteiger partial charge in [0.25, 0.3) is 5.91 Å². The average Bonchev–Trinajstić information content (AvgIpc) is 3.24. The summed E-state index contributed by atoms with van der Waals surface area (Å²) in [5, 5.41) is 6.75. The molecule has 1 saturated heterocycles. The molecule has 2 aromatic rings. The van der Waals surface area contributed by atoms with Gasteiger partial charge >= 0.3 is 6.03 Å². The number of hydrogen-bond donors (Lipinski definition) is 2. The largest absolute Gasteiger partial charge is 0.336 e. The lowest BCUT2D eigenvalue weighted by Gasteiger charge is -2.21. The smallest absolute Gasteiger partial charge is 0.324 e. The van der Waals surface area contributed by atoms with E-state index >= 15 is 0 Å². The van der Waals surface area contributed by atoms with Gasteiger partial charge in [-0.05, 0) is 18.4 Å². The van der Waals surface area contributed by atoms with Crippen molar-refractivity contribution in [2.75, 3.05) is 13.1 Å². The molecule has 0 bridgehead atoms. The number of thiophene rings is 1. The van der Waals surface area contributed by atoms with Crippen LogP contribution in [0.25, 0.3) is 0 Å². The van der Waals surface area contributed by atoms with Crippen LogP contribution in [0, 0.1) is 0 Å². The molecular weight excluding hydrogens is 310 g/mol. The van der Waals surface area contributed by atoms with E-state index in [1.54, 1.807) is 11.3 Å². The predicted octanol–water partition coefficient (Wildman–Crippen LogP) is 1.34. The van der Waals surface area contributed by atoms with Crippen LogP contribution in [-0.2, 0) is 4.79 Å².